The van der Waals surface area contributed by atoms with Gasteiger partial charge in [0.25, 0.3) is 0 Å². The molecule has 2 saturated heterocycles. The van der Waals surface area contributed by atoms with Gasteiger partial charge >= 0.3 is 12.0 Å². The number of carbonyl (C=O) groups excluding carboxylic acids is 2. The zero-order chi connectivity index (χ0) is 19.2. The molecule has 3 amide bonds. The lowest BCUT2D eigenvalue weighted by atomic mass is 10.0. The molecule has 0 aliphatic carbocycles. The monoisotopic (exact) mass is 389 g/mol. The fourth-order valence-corrected chi connectivity index (χ4v) is 5.80. The fourth-order valence-electron chi connectivity index (χ4n) is 3.53. The highest BCUT2D eigenvalue weighted by molar-refractivity contribution is 7.92. The van der Waals surface area contributed by atoms with Crippen molar-refractivity contribution in [3.63, 3.8) is 0 Å². The van der Waals surface area contributed by atoms with E-state index in [1.807, 2.05) is 0 Å². The van der Waals surface area contributed by atoms with Gasteiger partial charge in [-0.2, -0.15) is 0 Å². The average Bonchev–Trinajstić information content (AvgIpc) is 2.99. The molecule has 0 aromatic heterocycles. The molecule has 0 aromatic rings. The van der Waals surface area contributed by atoms with E-state index in [4.69, 9.17) is 5.11 Å². The Morgan fingerprint density at radius 2 is 1.81 bits per heavy atom. The molecule has 0 bridgehead atoms. The van der Waals surface area contributed by atoms with Crippen LogP contribution in [0.1, 0.15) is 51.4 Å². The predicted octanol–water partition coefficient (Wildman–Crippen LogP) is 0.155. The molecule has 0 radical (unpaired) electrons. The second kappa shape index (κ2) is 9.20. The van der Waals surface area contributed by atoms with Gasteiger partial charge in [0.2, 0.25) is 5.91 Å². The largest absolute Gasteiger partial charge is 0.481 e. The summed E-state index contributed by atoms with van der Waals surface area (Å²) < 4.78 is 24.3. The molecule has 3 atom stereocenters. The quantitative estimate of drug-likeness (QED) is 0.293. The summed E-state index contributed by atoms with van der Waals surface area (Å²) in [4.78, 5) is 33.4. The smallest absolute Gasteiger partial charge is 0.315 e. The molecule has 2 aliphatic rings. The molecule has 1 unspecified atom stereocenters. The lowest BCUT2D eigenvalue weighted by molar-refractivity contribution is -0.137. The number of urea groups is 1. The molecule has 2 heterocycles. The molecule has 0 saturated carbocycles. The SMILES string of the molecule is O=C(O)CCCCCNC(=O)CCCC[C@H]1[C@H]2NC(=O)NC2CS1(=O)=O. The number of aliphatic carboxylic acids is 1. The van der Waals surface area contributed by atoms with E-state index in [2.05, 4.69) is 16.0 Å². The summed E-state index contributed by atoms with van der Waals surface area (Å²) in [5.74, 6) is -0.910. The van der Waals surface area contributed by atoms with Crippen molar-refractivity contribution in [3.8, 4) is 0 Å². The van der Waals surface area contributed by atoms with Crippen molar-refractivity contribution in [2.45, 2.75) is 68.7 Å². The first-order valence-corrected chi connectivity index (χ1v) is 10.8. The Labute approximate surface area is 153 Å². The van der Waals surface area contributed by atoms with Crippen molar-refractivity contribution in [2.75, 3.05) is 12.3 Å². The van der Waals surface area contributed by atoms with Crippen molar-refractivity contribution < 1.29 is 27.9 Å². The number of carboxylic acid groups (broad SMARTS) is 1. The summed E-state index contributed by atoms with van der Waals surface area (Å²) in [5.41, 5.74) is 0. The molecular weight excluding hydrogens is 362 g/mol. The third kappa shape index (κ3) is 5.86. The van der Waals surface area contributed by atoms with Crippen LogP contribution in [0.2, 0.25) is 0 Å². The van der Waals surface area contributed by atoms with Crippen molar-refractivity contribution >= 4 is 27.7 Å². The van der Waals surface area contributed by atoms with Crippen molar-refractivity contribution in [1.29, 1.82) is 0 Å². The number of amides is 3. The van der Waals surface area contributed by atoms with Gasteiger partial charge in [-0.15, -0.1) is 0 Å². The number of hydrogen-bond donors (Lipinski definition) is 4. The minimum absolute atomic E-state index is 0.0244. The van der Waals surface area contributed by atoms with Gasteiger partial charge in [0.15, 0.2) is 9.84 Å². The van der Waals surface area contributed by atoms with E-state index in [9.17, 15) is 22.8 Å². The molecule has 9 nitrogen and oxygen atoms in total. The van der Waals surface area contributed by atoms with E-state index in [1.54, 1.807) is 0 Å². The van der Waals surface area contributed by atoms with Gasteiger partial charge in [0.05, 0.1) is 23.1 Å². The standard InChI is InChI=1S/C16H27N3O6S/c20-13(17-9-5-1-2-8-14(21)22)7-4-3-6-12-15-11(10-26(12,24)25)18-16(23)19-15/h11-12,15H,1-10H2,(H,17,20)(H,21,22)(H2,18,19,23)/t11?,12-,15-/m0/s1. The molecule has 4 N–H and O–H groups in total. The fraction of sp³-hybridized carbons (Fsp3) is 0.812. The van der Waals surface area contributed by atoms with Crippen LogP contribution in [0.3, 0.4) is 0 Å². The maximum atomic E-state index is 12.2. The van der Waals surface area contributed by atoms with Crippen LogP contribution in [0.5, 0.6) is 0 Å². The molecule has 0 spiro atoms. The van der Waals surface area contributed by atoms with E-state index in [0.29, 0.717) is 38.6 Å². The minimum Gasteiger partial charge on any atom is -0.481 e. The number of fused-ring (bicyclic) bond motifs is 1. The van der Waals surface area contributed by atoms with Gasteiger partial charge in [0.1, 0.15) is 0 Å². The molecule has 2 fully saturated rings. The van der Waals surface area contributed by atoms with Crippen LogP contribution in [0, 0.1) is 0 Å². The van der Waals surface area contributed by atoms with Crippen molar-refractivity contribution in [2.24, 2.45) is 0 Å². The molecular formula is C16H27N3O6S. The van der Waals surface area contributed by atoms with Gasteiger partial charge in [0, 0.05) is 19.4 Å². The summed E-state index contributed by atoms with van der Waals surface area (Å²) in [5, 5.41) is 16.0. The van der Waals surface area contributed by atoms with E-state index in [-0.39, 0.29) is 36.2 Å². The maximum Gasteiger partial charge on any atom is 0.315 e. The van der Waals surface area contributed by atoms with Gasteiger partial charge in [-0.1, -0.05) is 12.8 Å². The van der Waals surface area contributed by atoms with Crippen LogP contribution >= 0.6 is 0 Å². The second-order valence-corrected chi connectivity index (χ2v) is 9.18. The van der Waals surface area contributed by atoms with Crippen molar-refractivity contribution in [1.82, 2.24) is 16.0 Å². The number of unbranched alkanes of at least 4 members (excludes halogenated alkanes) is 3. The maximum absolute atomic E-state index is 12.2. The van der Waals surface area contributed by atoms with Gasteiger partial charge < -0.3 is 21.1 Å². The van der Waals surface area contributed by atoms with Crippen molar-refractivity contribution in [3.05, 3.63) is 0 Å². The number of rotatable bonds is 11. The number of nitrogens with one attached hydrogen (secondary N) is 3. The van der Waals surface area contributed by atoms with Crippen LogP contribution < -0.4 is 16.0 Å². The Hall–Kier alpha value is -1.84. The normalized spacial score (nSPS) is 26.0. The number of sulfone groups is 1. The van der Waals surface area contributed by atoms with Crippen LogP contribution in [-0.2, 0) is 19.4 Å². The molecule has 0 aromatic carbocycles. The zero-order valence-electron chi connectivity index (χ0n) is 14.7. The summed E-state index contributed by atoms with van der Waals surface area (Å²) in [6, 6.07) is -1.03. The van der Waals surface area contributed by atoms with Crippen LogP contribution in [0.15, 0.2) is 0 Å². The number of carboxylic acids is 1. The van der Waals surface area contributed by atoms with E-state index in [1.165, 1.54) is 0 Å². The van der Waals surface area contributed by atoms with E-state index in [0.717, 1.165) is 12.8 Å². The van der Waals surface area contributed by atoms with Crippen LogP contribution in [-0.4, -0.2) is 61.1 Å². The Balaban J connectivity index is 1.57. The van der Waals surface area contributed by atoms with Gasteiger partial charge in [-0.05, 0) is 25.7 Å². The van der Waals surface area contributed by atoms with Crippen LogP contribution in [0.25, 0.3) is 0 Å². The molecule has 2 aliphatic heterocycles. The Kier molecular flexibility index (Phi) is 7.24. The summed E-state index contributed by atoms with van der Waals surface area (Å²) >= 11 is 0. The molecule has 10 heteroatoms. The molecule has 26 heavy (non-hydrogen) atoms. The lowest BCUT2D eigenvalue weighted by Gasteiger charge is -2.16. The number of carbonyl (C=O) groups is 3. The van der Waals surface area contributed by atoms with E-state index < -0.39 is 21.1 Å². The second-order valence-electron chi connectivity index (χ2n) is 6.92. The summed E-state index contributed by atoms with van der Waals surface area (Å²) in [6.45, 7) is 0.525. The number of hydrogen-bond acceptors (Lipinski definition) is 5. The summed E-state index contributed by atoms with van der Waals surface area (Å²) in [6.07, 6.45) is 4.23. The Morgan fingerprint density at radius 3 is 2.54 bits per heavy atom. The summed E-state index contributed by atoms with van der Waals surface area (Å²) in [7, 11) is -3.22. The van der Waals surface area contributed by atoms with E-state index >= 15 is 0 Å². The molecule has 148 valence electrons. The first-order valence-electron chi connectivity index (χ1n) is 9.06. The highest BCUT2D eigenvalue weighted by atomic mass is 32.2. The highest BCUT2D eigenvalue weighted by Gasteiger charge is 2.51. The van der Waals surface area contributed by atoms with Gasteiger partial charge in [-0.3, -0.25) is 9.59 Å². The van der Waals surface area contributed by atoms with Gasteiger partial charge in [-0.25, -0.2) is 13.2 Å². The van der Waals surface area contributed by atoms with Crippen LogP contribution in [0.4, 0.5) is 4.79 Å². The third-order valence-corrected chi connectivity index (χ3v) is 7.13. The predicted molar refractivity (Wildman–Crippen MR) is 94.4 cm³/mol. The lowest BCUT2D eigenvalue weighted by Crippen LogP contribution is -2.39. The molecule has 2 rings (SSSR count). The first-order chi connectivity index (χ1) is 12.3. The Morgan fingerprint density at radius 1 is 1.08 bits per heavy atom. The Bertz CT molecular complexity index is 636. The highest BCUT2D eigenvalue weighted by Crippen LogP contribution is 2.28. The zero-order valence-corrected chi connectivity index (χ0v) is 15.5. The topological polar surface area (TPSA) is 142 Å². The minimum atomic E-state index is -3.22. The average molecular weight is 389 g/mol. The third-order valence-electron chi connectivity index (χ3n) is 4.85. The first kappa shape index (κ1) is 20.5.